The zero-order valence-corrected chi connectivity index (χ0v) is 10.1. The van der Waals surface area contributed by atoms with Gasteiger partial charge in [-0.15, -0.1) is 0 Å². The van der Waals surface area contributed by atoms with Gasteiger partial charge in [0.1, 0.15) is 12.7 Å². The van der Waals surface area contributed by atoms with Crippen molar-refractivity contribution in [3.8, 4) is 11.3 Å². The minimum atomic E-state index is 0.277. The Bertz CT molecular complexity index is 677. The van der Waals surface area contributed by atoms with Crippen molar-refractivity contribution in [1.82, 2.24) is 24.7 Å². The summed E-state index contributed by atoms with van der Waals surface area (Å²) in [5.41, 5.74) is 8.54. The summed E-state index contributed by atoms with van der Waals surface area (Å²) in [6, 6.07) is 9.91. The third-order valence-corrected chi connectivity index (χ3v) is 2.71. The summed E-state index contributed by atoms with van der Waals surface area (Å²) in [5.74, 6) is 0.277. The van der Waals surface area contributed by atoms with Gasteiger partial charge in [-0.2, -0.15) is 5.10 Å². The van der Waals surface area contributed by atoms with Crippen LogP contribution in [0.15, 0.2) is 49.2 Å². The number of hydrogen-bond donors (Lipinski definition) is 1. The fraction of sp³-hybridized carbons (Fsp3) is 0.0769. The van der Waals surface area contributed by atoms with Crippen molar-refractivity contribution in [2.45, 2.75) is 6.54 Å². The molecule has 2 heterocycles. The molecule has 2 aromatic heterocycles. The van der Waals surface area contributed by atoms with E-state index in [-0.39, 0.29) is 5.95 Å². The van der Waals surface area contributed by atoms with Crippen LogP contribution < -0.4 is 5.73 Å². The van der Waals surface area contributed by atoms with Gasteiger partial charge >= 0.3 is 0 Å². The number of nitrogens with zero attached hydrogens (tertiary/aromatic N) is 5. The number of hydrogen-bond acceptors (Lipinski definition) is 5. The molecule has 19 heavy (non-hydrogen) atoms. The first-order valence-electron chi connectivity index (χ1n) is 5.81. The third-order valence-electron chi connectivity index (χ3n) is 2.71. The Morgan fingerprint density at radius 1 is 1.21 bits per heavy atom. The van der Waals surface area contributed by atoms with Gasteiger partial charge in [-0.3, -0.25) is 0 Å². The van der Waals surface area contributed by atoms with E-state index in [0.29, 0.717) is 6.54 Å². The van der Waals surface area contributed by atoms with Crippen LogP contribution in [0.1, 0.15) is 5.56 Å². The topological polar surface area (TPSA) is 82.5 Å². The van der Waals surface area contributed by atoms with Crippen molar-refractivity contribution < 1.29 is 0 Å². The van der Waals surface area contributed by atoms with Crippen LogP contribution in [0.4, 0.5) is 5.95 Å². The highest BCUT2D eigenvalue weighted by Crippen LogP contribution is 2.18. The van der Waals surface area contributed by atoms with Gasteiger partial charge in [0, 0.05) is 11.8 Å². The lowest BCUT2D eigenvalue weighted by Gasteiger charge is -2.05. The van der Waals surface area contributed by atoms with Gasteiger partial charge in [-0.1, -0.05) is 18.2 Å². The van der Waals surface area contributed by atoms with Crippen molar-refractivity contribution in [1.29, 1.82) is 0 Å². The maximum Gasteiger partial charge on any atom is 0.220 e. The molecule has 0 fully saturated rings. The maximum atomic E-state index is 5.60. The molecule has 6 nitrogen and oxygen atoms in total. The van der Waals surface area contributed by atoms with Crippen LogP contribution in [0.5, 0.6) is 0 Å². The predicted octanol–water partition coefficient (Wildman–Crippen LogP) is 1.37. The van der Waals surface area contributed by atoms with Gasteiger partial charge in [0.05, 0.1) is 12.2 Å². The second kappa shape index (κ2) is 4.85. The minimum absolute atomic E-state index is 0.277. The molecule has 0 spiro atoms. The van der Waals surface area contributed by atoms with E-state index in [4.69, 9.17) is 5.73 Å². The van der Waals surface area contributed by atoms with Gasteiger partial charge in [0.2, 0.25) is 5.95 Å². The molecule has 0 amide bonds. The second-order valence-electron chi connectivity index (χ2n) is 4.09. The first-order valence-corrected chi connectivity index (χ1v) is 5.81. The Balaban J connectivity index is 1.91. The zero-order chi connectivity index (χ0) is 13.1. The summed E-state index contributed by atoms with van der Waals surface area (Å²) in [4.78, 5) is 12.0. The smallest absolute Gasteiger partial charge is 0.220 e. The van der Waals surface area contributed by atoms with E-state index >= 15 is 0 Å². The molecule has 94 valence electrons. The molecule has 1 aromatic carbocycles. The molecule has 6 heteroatoms. The van der Waals surface area contributed by atoms with Crippen molar-refractivity contribution in [3.05, 3.63) is 54.7 Å². The van der Waals surface area contributed by atoms with Crippen LogP contribution in [0.3, 0.4) is 0 Å². The highest BCUT2D eigenvalue weighted by molar-refractivity contribution is 5.60. The fourth-order valence-corrected chi connectivity index (χ4v) is 1.86. The summed E-state index contributed by atoms with van der Waals surface area (Å²) < 4.78 is 1.77. The van der Waals surface area contributed by atoms with Crippen LogP contribution >= 0.6 is 0 Å². The third kappa shape index (κ3) is 2.57. The predicted molar refractivity (Wildman–Crippen MR) is 71.0 cm³/mol. The molecule has 0 radical (unpaired) electrons. The summed E-state index contributed by atoms with van der Waals surface area (Å²) in [5, 5.41) is 4.09. The Morgan fingerprint density at radius 3 is 2.95 bits per heavy atom. The molecule has 0 aliphatic carbocycles. The molecular formula is C13H12N6. The quantitative estimate of drug-likeness (QED) is 0.761. The Labute approximate surface area is 110 Å². The molecule has 0 atom stereocenters. The fourth-order valence-electron chi connectivity index (χ4n) is 1.86. The van der Waals surface area contributed by atoms with E-state index in [1.54, 1.807) is 17.2 Å². The normalized spacial score (nSPS) is 10.5. The molecule has 0 aliphatic heterocycles. The lowest BCUT2D eigenvalue weighted by Crippen LogP contribution is -2.00. The molecule has 0 bridgehead atoms. The molecule has 0 aliphatic rings. The van der Waals surface area contributed by atoms with E-state index in [1.165, 1.54) is 6.33 Å². The van der Waals surface area contributed by atoms with Crippen LogP contribution in [-0.2, 0) is 6.54 Å². The first-order chi connectivity index (χ1) is 9.31. The highest BCUT2D eigenvalue weighted by Gasteiger charge is 2.02. The van der Waals surface area contributed by atoms with Gasteiger partial charge < -0.3 is 5.73 Å². The summed E-state index contributed by atoms with van der Waals surface area (Å²) in [6.07, 6.45) is 4.87. The van der Waals surface area contributed by atoms with Gasteiger partial charge in [-0.25, -0.2) is 19.6 Å². The summed E-state index contributed by atoms with van der Waals surface area (Å²) in [6.45, 7) is 0.675. The van der Waals surface area contributed by atoms with E-state index in [0.717, 1.165) is 16.8 Å². The standard InChI is InChI=1S/C13H12N6/c14-13-16-5-4-12(18-13)11-3-1-2-10(6-11)7-19-9-15-8-17-19/h1-6,8-9H,7H2,(H2,14,16,18). The lowest BCUT2D eigenvalue weighted by atomic mass is 10.1. The van der Waals surface area contributed by atoms with E-state index in [9.17, 15) is 0 Å². The second-order valence-corrected chi connectivity index (χ2v) is 4.09. The van der Waals surface area contributed by atoms with Gasteiger partial charge in [-0.05, 0) is 17.7 Å². The van der Waals surface area contributed by atoms with E-state index in [2.05, 4.69) is 26.1 Å². The van der Waals surface area contributed by atoms with Crippen LogP contribution in [-0.4, -0.2) is 24.7 Å². The van der Waals surface area contributed by atoms with E-state index < -0.39 is 0 Å². The average molecular weight is 252 g/mol. The summed E-state index contributed by atoms with van der Waals surface area (Å²) in [7, 11) is 0. The van der Waals surface area contributed by atoms with Crippen molar-refractivity contribution >= 4 is 5.95 Å². The average Bonchev–Trinajstić information content (AvgIpc) is 2.92. The number of anilines is 1. The highest BCUT2D eigenvalue weighted by atomic mass is 15.3. The van der Waals surface area contributed by atoms with Crippen molar-refractivity contribution in [2.24, 2.45) is 0 Å². The van der Waals surface area contributed by atoms with Gasteiger partial charge in [0.25, 0.3) is 0 Å². The van der Waals surface area contributed by atoms with Crippen LogP contribution in [0.2, 0.25) is 0 Å². The number of rotatable bonds is 3. The molecule has 3 rings (SSSR count). The lowest BCUT2D eigenvalue weighted by molar-refractivity contribution is 0.685. The minimum Gasteiger partial charge on any atom is -0.368 e. The van der Waals surface area contributed by atoms with Crippen molar-refractivity contribution in [3.63, 3.8) is 0 Å². The summed E-state index contributed by atoms with van der Waals surface area (Å²) >= 11 is 0. The monoisotopic (exact) mass is 252 g/mol. The molecule has 3 aromatic rings. The number of aromatic nitrogens is 5. The Kier molecular flexibility index (Phi) is 2.89. The first kappa shape index (κ1) is 11.3. The Morgan fingerprint density at radius 2 is 2.16 bits per heavy atom. The largest absolute Gasteiger partial charge is 0.368 e. The number of benzene rings is 1. The molecule has 0 saturated carbocycles. The molecule has 2 N–H and O–H groups in total. The number of nitrogens with two attached hydrogens (primary N) is 1. The number of nitrogen functional groups attached to an aromatic ring is 1. The maximum absolute atomic E-state index is 5.60. The molecule has 0 unspecified atom stereocenters. The zero-order valence-electron chi connectivity index (χ0n) is 10.1. The molecule has 0 saturated heterocycles. The molecular weight excluding hydrogens is 240 g/mol. The van der Waals surface area contributed by atoms with Crippen LogP contribution in [0.25, 0.3) is 11.3 Å². The SMILES string of the molecule is Nc1nccc(-c2cccc(Cn3cncn3)c2)n1. The van der Waals surface area contributed by atoms with E-state index in [1.807, 2.05) is 24.3 Å². The van der Waals surface area contributed by atoms with Crippen molar-refractivity contribution in [2.75, 3.05) is 5.73 Å². The van der Waals surface area contributed by atoms with Crippen LogP contribution in [0, 0.1) is 0 Å². The van der Waals surface area contributed by atoms with Gasteiger partial charge in [0.15, 0.2) is 0 Å². The Hall–Kier alpha value is -2.76.